The number of aromatic nitrogens is 1. The first-order chi connectivity index (χ1) is 8.74. The van der Waals surface area contributed by atoms with E-state index in [1.54, 1.807) is 11.3 Å². The third-order valence-corrected chi connectivity index (χ3v) is 4.22. The highest BCUT2D eigenvalue weighted by Crippen LogP contribution is 2.27. The normalized spacial score (nSPS) is 12.6. The molecule has 0 aliphatic carbocycles. The van der Waals surface area contributed by atoms with Crippen molar-refractivity contribution >= 4 is 11.3 Å². The Morgan fingerprint density at radius 1 is 1.22 bits per heavy atom. The Labute approximate surface area is 112 Å². The van der Waals surface area contributed by atoms with Gasteiger partial charge in [-0.1, -0.05) is 19.9 Å². The number of hydrogen-bond donors (Lipinski definition) is 1. The Hall–Kier alpha value is -1.19. The van der Waals surface area contributed by atoms with E-state index in [-0.39, 0.29) is 0 Å². The van der Waals surface area contributed by atoms with E-state index in [9.17, 15) is 5.11 Å². The minimum atomic E-state index is -0.431. The van der Waals surface area contributed by atoms with Crippen LogP contribution in [0.15, 0.2) is 29.8 Å². The van der Waals surface area contributed by atoms with Crippen LogP contribution in [0.3, 0.4) is 0 Å². The van der Waals surface area contributed by atoms with Gasteiger partial charge in [0.25, 0.3) is 0 Å². The van der Waals surface area contributed by atoms with Crippen LogP contribution in [0.4, 0.5) is 0 Å². The third-order valence-electron chi connectivity index (χ3n) is 3.16. The van der Waals surface area contributed by atoms with E-state index in [0.717, 1.165) is 23.4 Å². The average Bonchev–Trinajstić information content (AvgIpc) is 2.88. The topological polar surface area (TPSA) is 33.1 Å². The lowest BCUT2D eigenvalue weighted by Gasteiger charge is -2.10. The third kappa shape index (κ3) is 2.98. The summed E-state index contributed by atoms with van der Waals surface area (Å²) < 4.78 is 0. The molecule has 0 bridgehead atoms. The monoisotopic (exact) mass is 261 g/mol. The molecule has 3 heteroatoms. The molecule has 0 saturated carbocycles. The van der Waals surface area contributed by atoms with Crippen LogP contribution in [0, 0.1) is 0 Å². The van der Waals surface area contributed by atoms with Crippen LogP contribution in [-0.4, -0.2) is 10.1 Å². The molecule has 2 nitrogen and oxygen atoms in total. The number of hydrogen-bond acceptors (Lipinski definition) is 3. The SMILES string of the molecule is CCc1ccc(CC(O)c2sccc2CC)nc1. The smallest absolute Gasteiger partial charge is 0.0939 e. The van der Waals surface area contributed by atoms with E-state index in [1.807, 2.05) is 17.6 Å². The van der Waals surface area contributed by atoms with E-state index in [0.29, 0.717) is 6.42 Å². The lowest BCUT2D eigenvalue weighted by atomic mass is 10.1. The summed E-state index contributed by atoms with van der Waals surface area (Å²) in [6.45, 7) is 4.23. The highest BCUT2D eigenvalue weighted by atomic mass is 32.1. The molecule has 0 aromatic carbocycles. The van der Waals surface area contributed by atoms with Gasteiger partial charge in [-0.2, -0.15) is 0 Å². The number of aliphatic hydroxyl groups is 1. The molecule has 0 radical (unpaired) electrons. The van der Waals surface area contributed by atoms with Crippen molar-refractivity contribution in [1.82, 2.24) is 4.98 Å². The van der Waals surface area contributed by atoms with E-state index >= 15 is 0 Å². The molecule has 0 spiro atoms. The fourth-order valence-electron chi connectivity index (χ4n) is 2.01. The molecule has 18 heavy (non-hydrogen) atoms. The van der Waals surface area contributed by atoms with Crippen LogP contribution in [-0.2, 0) is 19.3 Å². The van der Waals surface area contributed by atoms with Gasteiger partial charge in [0.2, 0.25) is 0 Å². The Bertz CT molecular complexity index is 489. The number of pyridine rings is 1. The molecule has 0 saturated heterocycles. The van der Waals surface area contributed by atoms with Crippen LogP contribution in [0.5, 0.6) is 0 Å². The van der Waals surface area contributed by atoms with Crippen molar-refractivity contribution < 1.29 is 5.11 Å². The molecular weight excluding hydrogens is 242 g/mol. The van der Waals surface area contributed by atoms with Crippen molar-refractivity contribution in [1.29, 1.82) is 0 Å². The Morgan fingerprint density at radius 3 is 2.67 bits per heavy atom. The van der Waals surface area contributed by atoms with Crippen molar-refractivity contribution in [3.05, 3.63) is 51.5 Å². The Balaban J connectivity index is 2.08. The first-order valence-corrected chi connectivity index (χ1v) is 7.30. The van der Waals surface area contributed by atoms with Gasteiger partial charge in [0.1, 0.15) is 0 Å². The second-order valence-corrected chi connectivity index (χ2v) is 5.34. The predicted octanol–water partition coefficient (Wildman–Crippen LogP) is 3.54. The van der Waals surface area contributed by atoms with E-state index in [4.69, 9.17) is 0 Å². The summed E-state index contributed by atoms with van der Waals surface area (Å²) >= 11 is 1.63. The summed E-state index contributed by atoms with van der Waals surface area (Å²) in [5.74, 6) is 0. The highest BCUT2D eigenvalue weighted by Gasteiger charge is 2.14. The fraction of sp³-hybridized carbons (Fsp3) is 0.400. The molecule has 2 aromatic rings. The number of rotatable bonds is 5. The maximum Gasteiger partial charge on any atom is 0.0939 e. The molecule has 1 atom stereocenters. The zero-order valence-electron chi connectivity index (χ0n) is 10.9. The molecule has 2 rings (SSSR count). The first-order valence-electron chi connectivity index (χ1n) is 6.42. The van der Waals surface area contributed by atoms with E-state index in [1.165, 1.54) is 11.1 Å². The van der Waals surface area contributed by atoms with Gasteiger partial charge < -0.3 is 5.11 Å². The van der Waals surface area contributed by atoms with Crippen LogP contribution in [0.25, 0.3) is 0 Å². The number of nitrogens with zero attached hydrogens (tertiary/aromatic N) is 1. The average molecular weight is 261 g/mol. The first kappa shape index (κ1) is 13.2. The van der Waals surface area contributed by atoms with Crippen LogP contribution >= 0.6 is 11.3 Å². The molecule has 1 N–H and O–H groups in total. The summed E-state index contributed by atoms with van der Waals surface area (Å²) in [7, 11) is 0. The van der Waals surface area contributed by atoms with E-state index in [2.05, 4.69) is 31.0 Å². The maximum atomic E-state index is 10.3. The molecular formula is C15H19NOS. The highest BCUT2D eigenvalue weighted by molar-refractivity contribution is 7.10. The predicted molar refractivity (Wildman–Crippen MR) is 76.0 cm³/mol. The van der Waals surface area contributed by atoms with Gasteiger partial charge in [0.05, 0.1) is 6.10 Å². The van der Waals surface area contributed by atoms with Crippen molar-refractivity contribution in [3.8, 4) is 0 Å². The number of aliphatic hydroxyl groups excluding tert-OH is 1. The van der Waals surface area contributed by atoms with Gasteiger partial charge in [-0.15, -0.1) is 11.3 Å². The van der Waals surface area contributed by atoms with Crippen LogP contribution < -0.4 is 0 Å². The zero-order chi connectivity index (χ0) is 13.0. The largest absolute Gasteiger partial charge is 0.387 e. The quantitative estimate of drug-likeness (QED) is 0.893. The molecule has 0 aliphatic rings. The van der Waals surface area contributed by atoms with Crippen molar-refractivity contribution in [3.63, 3.8) is 0 Å². The molecule has 0 aliphatic heterocycles. The summed E-state index contributed by atoms with van der Waals surface area (Å²) in [6, 6.07) is 6.20. The lowest BCUT2D eigenvalue weighted by molar-refractivity contribution is 0.180. The van der Waals surface area contributed by atoms with Crippen molar-refractivity contribution in [2.24, 2.45) is 0 Å². The van der Waals surface area contributed by atoms with Gasteiger partial charge >= 0.3 is 0 Å². The second-order valence-electron chi connectivity index (χ2n) is 4.39. The van der Waals surface area contributed by atoms with Crippen molar-refractivity contribution in [2.45, 2.75) is 39.2 Å². The van der Waals surface area contributed by atoms with Crippen LogP contribution in [0.1, 0.15) is 41.6 Å². The molecule has 0 fully saturated rings. The number of aryl methyl sites for hydroxylation is 2. The summed E-state index contributed by atoms with van der Waals surface area (Å²) in [6.07, 6.45) is 4.04. The molecule has 0 amide bonds. The van der Waals surface area contributed by atoms with Gasteiger partial charge in [-0.25, -0.2) is 0 Å². The lowest BCUT2D eigenvalue weighted by Crippen LogP contribution is -2.04. The summed E-state index contributed by atoms with van der Waals surface area (Å²) in [5, 5.41) is 12.3. The zero-order valence-corrected chi connectivity index (χ0v) is 11.7. The van der Waals surface area contributed by atoms with Gasteiger partial charge in [0.15, 0.2) is 0 Å². The maximum absolute atomic E-state index is 10.3. The molecule has 2 heterocycles. The van der Waals surface area contributed by atoms with Gasteiger partial charge in [-0.3, -0.25) is 4.98 Å². The van der Waals surface area contributed by atoms with Crippen molar-refractivity contribution in [2.75, 3.05) is 0 Å². The Morgan fingerprint density at radius 2 is 2.06 bits per heavy atom. The second kappa shape index (κ2) is 6.12. The summed E-state index contributed by atoms with van der Waals surface area (Å²) in [4.78, 5) is 5.48. The standard InChI is InChI=1S/C15H19NOS/c1-3-11-5-6-13(16-10-11)9-14(17)15-12(4-2)7-8-18-15/h5-8,10,14,17H,3-4,9H2,1-2H3. The van der Waals surface area contributed by atoms with E-state index < -0.39 is 6.10 Å². The minimum Gasteiger partial charge on any atom is -0.387 e. The van der Waals surface area contributed by atoms with Gasteiger partial charge in [0, 0.05) is 23.2 Å². The molecule has 96 valence electrons. The van der Waals surface area contributed by atoms with Gasteiger partial charge in [-0.05, 0) is 41.5 Å². The minimum absolute atomic E-state index is 0.431. The van der Waals surface area contributed by atoms with Crippen LogP contribution in [0.2, 0.25) is 0 Å². The molecule has 1 unspecified atom stereocenters. The Kier molecular flexibility index (Phi) is 4.50. The fourth-order valence-corrected chi connectivity index (χ4v) is 2.99. The molecule has 2 aromatic heterocycles. The number of thiophene rings is 1. The summed E-state index contributed by atoms with van der Waals surface area (Å²) in [5.41, 5.74) is 3.44.